The third-order valence-corrected chi connectivity index (χ3v) is 6.40. The van der Waals surface area contributed by atoms with E-state index in [0.29, 0.717) is 16.6 Å². The number of carbonyl (C=O) groups is 2. The van der Waals surface area contributed by atoms with Crippen molar-refractivity contribution in [1.82, 2.24) is 4.90 Å². The van der Waals surface area contributed by atoms with Crippen LogP contribution < -0.4 is 4.90 Å². The molecule has 2 aliphatic heterocycles. The lowest BCUT2D eigenvalue weighted by Gasteiger charge is -2.34. The Bertz CT molecular complexity index is 875. The molecule has 2 amide bonds. The van der Waals surface area contributed by atoms with Crippen molar-refractivity contribution in [1.29, 1.82) is 0 Å². The number of nitrogens with zero attached hydrogens (tertiary/aromatic N) is 2. The van der Waals surface area contributed by atoms with Crippen molar-refractivity contribution in [3.05, 3.63) is 64.7 Å². The van der Waals surface area contributed by atoms with Crippen molar-refractivity contribution < 1.29 is 9.59 Å². The van der Waals surface area contributed by atoms with Crippen molar-refractivity contribution in [3.8, 4) is 0 Å². The Labute approximate surface area is 171 Å². The van der Waals surface area contributed by atoms with Gasteiger partial charge in [0.05, 0.1) is 18.2 Å². The molecular formula is C23H25ClN2O2. The van der Waals surface area contributed by atoms with E-state index >= 15 is 0 Å². The minimum Gasteiger partial charge on any atom is -0.292 e. The van der Waals surface area contributed by atoms with Crippen LogP contribution in [-0.2, 0) is 16.0 Å². The second-order valence-corrected chi connectivity index (χ2v) is 8.30. The molecule has 0 unspecified atom stereocenters. The van der Waals surface area contributed by atoms with Gasteiger partial charge < -0.3 is 0 Å². The fourth-order valence-electron chi connectivity index (χ4n) is 4.31. The first-order valence-corrected chi connectivity index (χ1v) is 10.3. The molecule has 0 saturated carbocycles. The van der Waals surface area contributed by atoms with Crippen molar-refractivity contribution in [3.63, 3.8) is 0 Å². The summed E-state index contributed by atoms with van der Waals surface area (Å²) in [5.41, 5.74) is 2.88. The first-order valence-electron chi connectivity index (χ1n) is 9.94. The Balaban J connectivity index is 1.40. The molecule has 2 aromatic rings. The number of hydrogen-bond acceptors (Lipinski definition) is 3. The van der Waals surface area contributed by atoms with Crippen LogP contribution in [0.5, 0.6) is 0 Å². The van der Waals surface area contributed by atoms with Crippen LogP contribution in [0.3, 0.4) is 0 Å². The molecule has 4 nitrogen and oxygen atoms in total. The van der Waals surface area contributed by atoms with Gasteiger partial charge in [0.25, 0.3) is 5.91 Å². The Morgan fingerprint density at radius 2 is 1.75 bits per heavy atom. The number of aryl methyl sites for hydroxylation is 1. The quantitative estimate of drug-likeness (QED) is 0.726. The number of hydrogen-bond donors (Lipinski definition) is 0. The number of rotatable bonds is 4. The van der Waals surface area contributed by atoms with Crippen LogP contribution in [0, 0.1) is 12.8 Å². The average Bonchev–Trinajstić information content (AvgIpc) is 3.00. The topological polar surface area (TPSA) is 40.6 Å². The summed E-state index contributed by atoms with van der Waals surface area (Å²) in [4.78, 5) is 29.1. The summed E-state index contributed by atoms with van der Waals surface area (Å²) in [7, 11) is 0. The van der Waals surface area contributed by atoms with Crippen LogP contribution in [0.2, 0.25) is 5.02 Å². The molecule has 146 valence electrons. The molecule has 2 aliphatic rings. The molecule has 0 aliphatic carbocycles. The molecule has 0 aromatic heterocycles. The smallest absolute Gasteiger partial charge is 0.251 e. The Morgan fingerprint density at radius 3 is 2.43 bits per heavy atom. The standard InChI is InChI=1S/C23H25ClN2O2/c1-16-7-8-19(14-20(16)24)26-22(27)15-21(23(26)28)25-11-9-18(10-12-25)13-17-5-3-2-4-6-17/h2-8,14,18,21H,9-13,15H2,1H3/t21-/m1/s1. The minimum atomic E-state index is -0.342. The summed E-state index contributed by atoms with van der Waals surface area (Å²) in [5.74, 6) is 0.380. The highest BCUT2D eigenvalue weighted by Crippen LogP contribution is 2.31. The molecule has 2 fully saturated rings. The van der Waals surface area contributed by atoms with Gasteiger partial charge in [0.2, 0.25) is 5.91 Å². The number of likely N-dealkylation sites (tertiary alicyclic amines) is 1. The number of anilines is 1. The van der Waals surface area contributed by atoms with Gasteiger partial charge >= 0.3 is 0 Å². The maximum atomic E-state index is 13.0. The third-order valence-electron chi connectivity index (χ3n) is 5.99. The van der Waals surface area contributed by atoms with Gasteiger partial charge in [-0.3, -0.25) is 14.5 Å². The van der Waals surface area contributed by atoms with E-state index in [1.54, 1.807) is 12.1 Å². The summed E-state index contributed by atoms with van der Waals surface area (Å²) in [6.45, 7) is 3.63. The zero-order chi connectivity index (χ0) is 19.7. The first-order chi connectivity index (χ1) is 13.5. The second kappa shape index (κ2) is 8.06. The largest absolute Gasteiger partial charge is 0.292 e. The SMILES string of the molecule is Cc1ccc(N2C(=O)C[C@@H](N3CCC(Cc4ccccc4)CC3)C2=O)cc1Cl. The molecule has 1 atom stereocenters. The van der Waals surface area contributed by atoms with Gasteiger partial charge in [-0.25, -0.2) is 4.90 Å². The number of halogens is 1. The van der Waals surface area contributed by atoms with E-state index in [9.17, 15) is 9.59 Å². The molecule has 0 spiro atoms. The molecule has 2 saturated heterocycles. The lowest BCUT2D eigenvalue weighted by atomic mass is 9.89. The molecule has 5 heteroatoms. The van der Waals surface area contributed by atoms with Gasteiger partial charge in [-0.05, 0) is 68.5 Å². The maximum absolute atomic E-state index is 13.0. The van der Waals surface area contributed by atoms with Crippen LogP contribution in [0.25, 0.3) is 0 Å². The number of carbonyl (C=O) groups excluding carboxylic acids is 2. The maximum Gasteiger partial charge on any atom is 0.251 e. The van der Waals surface area contributed by atoms with Gasteiger partial charge in [-0.2, -0.15) is 0 Å². The van der Waals surface area contributed by atoms with Crippen LogP contribution in [0.1, 0.15) is 30.4 Å². The van der Waals surface area contributed by atoms with Gasteiger partial charge in [0.15, 0.2) is 0 Å². The van der Waals surface area contributed by atoms with Gasteiger partial charge in [-0.15, -0.1) is 0 Å². The third kappa shape index (κ3) is 3.85. The summed E-state index contributed by atoms with van der Waals surface area (Å²) in [6.07, 6.45) is 3.46. The van der Waals surface area contributed by atoms with Gasteiger partial charge in [0.1, 0.15) is 0 Å². The predicted molar refractivity (Wildman–Crippen MR) is 112 cm³/mol. The molecule has 2 heterocycles. The van der Waals surface area contributed by atoms with E-state index in [-0.39, 0.29) is 24.3 Å². The number of amides is 2. The highest BCUT2D eigenvalue weighted by Gasteiger charge is 2.43. The molecule has 4 rings (SSSR count). The predicted octanol–water partition coefficient (Wildman–Crippen LogP) is 4.24. The lowest BCUT2D eigenvalue weighted by Crippen LogP contribution is -2.46. The minimum absolute atomic E-state index is 0.119. The van der Waals surface area contributed by atoms with Crippen molar-refractivity contribution in [2.45, 2.75) is 38.6 Å². The second-order valence-electron chi connectivity index (χ2n) is 7.89. The monoisotopic (exact) mass is 396 g/mol. The van der Waals surface area contributed by atoms with Crippen molar-refractivity contribution in [2.24, 2.45) is 5.92 Å². The van der Waals surface area contributed by atoms with E-state index in [1.165, 1.54) is 10.5 Å². The fraction of sp³-hybridized carbons (Fsp3) is 0.391. The molecule has 2 aromatic carbocycles. The Hall–Kier alpha value is -2.17. The van der Waals surface area contributed by atoms with E-state index in [2.05, 4.69) is 29.2 Å². The van der Waals surface area contributed by atoms with Gasteiger partial charge in [0, 0.05) is 5.02 Å². The molecule has 0 N–H and O–H groups in total. The summed E-state index contributed by atoms with van der Waals surface area (Å²) in [5, 5.41) is 0.572. The number of imide groups is 1. The number of benzene rings is 2. The lowest BCUT2D eigenvalue weighted by molar-refractivity contribution is -0.123. The highest BCUT2D eigenvalue weighted by atomic mass is 35.5. The van der Waals surface area contributed by atoms with Crippen LogP contribution in [0.4, 0.5) is 5.69 Å². The van der Waals surface area contributed by atoms with Gasteiger partial charge in [-0.1, -0.05) is 48.0 Å². The summed E-state index contributed by atoms with van der Waals surface area (Å²) >= 11 is 6.20. The van der Waals surface area contributed by atoms with Crippen molar-refractivity contribution >= 4 is 29.1 Å². The van der Waals surface area contributed by atoms with E-state index in [4.69, 9.17) is 11.6 Å². The fourth-order valence-corrected chi connectivity index (χ4v) is 4.48. The highest BCUT2D eigenvalue weighted by molar-refractivity contribution is 6.32. The van der Waals surface area contributed by atoms with Crippen LogP contribution >= 0.6 is 11.6 Å². The summed E-state index contributed by atoms with van der Waals surface area (Å²) < 4.78 is 0. The normalized spacial score (nSPS) is 21.5. The van der Waals surface area contributed by atoms with E-state index < -0.39 is 0 Å². The number of piperidine rings is 1. The van der Waals surface area contributed by atoms with E-state index in [1.807, 2.05) is 19.1 Å². The molecule has 28 heavy (non-hydrogen) atoms. The summed E-state index contributed by atoms with van der Waals surface area (Å²) in [6, 6.07) is 15.6. The zero-order valence-corrected chi connectivity index (χ0v) is 16.9. The Kier molecular flexibility index (Phi) is 5.51. The first kappa shape index (κ1) is 19.2. The van der Waals surface area contributed by atoms with Crippen LogP contribution in [-0.4, -0.2) is 35.8 Å². The zero-order valence-electron chi connectivity index (χ0n) is 16.1. The van der Waals surface area contributed by atoms with Crippen molar-refractivity contribution in [2.75, 3.05) is 18.0 Å². The van der Waals surface area contributed by atoms with E-state index in [0.717, 1.165) is 37.9 Å². The Morgan fingerprint density at radius 1 is 1.04 bits per heavy atom. The molecule has 0 radical (unpaired) electrons. The average molecular weight is 397 g/mol. The van der Waals surface area contributed by atoms with Crippen LogP contribution in [0.15, 0.2) is 48.5 Å². The molecular weight excluding hydrogens is 372 g/mol. The molecule has 0 bridgehead atoms.